The number of benzene rings is 1. The standard InChI is InChI=1S/C18H26ClN3O2/c19-16-5-2-1-4-15(16)12-22(8-3-11-23)18(24)20-17-13-21-9-6-14(17)7-10-21/h1-2,4-5,14,17,23H,3,6-13H2,(H,20,24)/t17-/m1/s1. The Labute approximate surface area is 148 Å². The molecule has 0 unspecified atom stereocenters. The maximum atomic E-state index is 12.8. The summed E-state index contributed by atoms with van der Waals surface area (Å²) in [7, 11) is 0. The highest BCUT2D eigenvalue weighted by Gasteiger charge is 2.35. The Bertz CT molecular complexity index is 561. The van der Waals surface area contributed by atoms with Gasteiger partial charge in [-0.1, -0.05) is 29.8 Å². The number of rotatable bonds is 6. The van der Waals surface area contributed by atoms with Crippen molar-refractivity contribution in [1.29, 1.82) is 0 Å². The predicted molar refractivity (Wildman–Crippen MR) is 95.0 cm³/mol. The second-order valence-electron chi connectivity index (χ2n) is 6.78. The predicted octanol–water partition coefficient (Wildman–Crippen LogP) is 2.33. The molecule has 0 radical (unpaired) electrons. The molecular formula is C18H26ClN3O2. The summed E-state index contributed by atoms with van der Waals surface area (Å²) in [6.45, 7) is 4.33. The van der Waals surface area contributed by atoms with Crippen molar-refractivity contribution in [3.05, 3.63) is 34.9 Å². The lowest BCUT2D eigenvalue weighted by Crippen LogP contribution is -2.59. The van der Waals surface area contributed by atoms with Crippen LogP contribution in [0.25, 0.3) is 0 Å². The molecule has 3 aliphatic heterocycles. The number of aliphatic hydroxyl groups is 1. The van der Waals surface area contributed by atoms with Crippen LogP contribution in [0.1, 0.15) is 24.8 Å². The van der Waals surface area contributed by atoms with Crippen LogP contribution < -0.4 is 5.32 Å². The van der Waals surface area contributed by atoms with E-state index in [0.717, 1.165) is 25.2 Å². The molecule has 5 nitrogen and oxygen atoms in total. The third kappa shape index (κ3) is 4.21. The van der Waals surface area contributed by atoms with E-state index in [1.165, 1.54) is 12.8 Å². The van der Waals surface area contributed by atoms with Crippen LogP contribution in [0, 0.1) is 5.92 Å². The number of carbonyl (C=O) groups excluding carboxylic acids is 1. The molecule has 4 rings (SSSR count). The minimum absolute atomic E-state index is 0.0536. The molecule has 0 saturated carbocycles. The van der Waals surface area contributed by atoms with Gasteiger partial charge in [0, 0.05) is 37.3 Å². The molecule has 132 valence electrons. The maximum absolute atomic E-state index is 12.8. The van der Waals surface area contributed by atoms with Gasteiger partial charge in [0.25, 0.3) is 0 Å². The van der Waals surface area contributed by atoms with Gasteiger partial charge in [0.1, 0.15) is 0 Å². The molecule has 24 heavy (non-hydrogen) atoms. The Morgan fingerprint density at radius 2 is 2.08 bits per heavy atom. The minimum atomic E-state index is -0.0536. The SMILES string of the molecule is O=C(N[C@@H]1CN2CCC1CC2)N(CCCO)Cc1ccccc1Cl. The number of aliphatic hydroxyl groups excluding tert-OH is 1. The number of nitrogens with one attached hydrogen (secondary N) is 1. The van der Waals surface area contributed by atoms with Crippen LogP contribution in [-0.4, -0.2) is 59.8 Å². The highest BCUT2D eigenvalue weighted by Crippen LogP contribution is 2.27. The van der Waals surface area contributed by atoms with Gasteiger partial charge in [-0.05, 0) is 49.9 Å². The van der Waals surface area contributed by atoms with Gasteiger partial charge in [0.15, 0.2) is 0 Å². The van der Waals surface area contributed by atoms with Crippen LogP contribution in [0.4, 0.5) is 4.79 Å². The van der Waals surface area contributed by atoms with E-state index in [2.05, 4.69) is 10.2 Å². The maximum Gasteiger partial charge on any atom is 0.317 e. The van der Waals surface area contributed by atoms with E-state index >= 15 is 0 Å². The number of hydrogen-bond acceptors (Lipinski definition) is 3. The molecular weight excluding hydrogens is 326 g/mol. The summed E-state index contributed by atoms with van der Waals surface area (Å²) >= 11 is 6.24. The van der Waals surface area contributed by atoms with Crippen LogP contribution in [0.15, 0.2) is 24.3 Å². The van der Waals surface area contributed by atoms with Gasteiger partial charge in [-0.3, -0.25) is 0 Å². The third-order valence-electron chi connectivity index (χ3n) is 5.16. The molecule has 3 fully saturated rings. The Kier molecular flexibility index (Phi) is 5.98. The quantitative estimate of drug-likeness (QED) is 0.827. The van der Waals surface area contributed by atoms with Gasteiger partial charge in [-0.2, -0.15) is 0 Å². The largest absolute Gasteiger partial charge is 0.396 e. The zero-order chi connectivity index (χ0) is 16.9. The van der Waals surface area contributed by atoms with Crippen molar-refractivity contribution in [3.63, 3.8) is 0 Å². The topological polar surface area (TPSA) is 55.8 Å². The number of halogens is 1. The number of piperidine rings is 3. The summed E-state index contributed by atoms with van der Waals surface area (Å²) in [5.41, 5.74) is 0.932. The normalized spacial score (nSPS) is 25.5. The Hall–Kier alpha value is -1.30. The minimum Gasteiger partial charge on any atom is -0.396 e. The monoisotopic (exact) mass is 351 g/mol. The van der Waals surface area contributed by atoms with E-state index in [4.69, 9.17) is 16.7 Å². The smallest absolute Gasteiger partial charge is 0.317 e. The Balaban J connectivity index is 1.64. The first-order chi connectivity index (χ1) is 11.7. The lowest BCUT2D eigenvalue weighted by molar-refractivity contribution is 0.0724. The van der Waals surface area contributed by atoms with Crippen molar-refractivity contribution < 1.29 is 9.90 Å². The summed E-state index contributed by atoms with van der Waals surface area (Å²) in [4.78, 5) is 17.0. The molecule has 2 amide bonds. The van der Waals surface area contributed by atoms with Crippen molar-refractivity contribution in [1.82, 2.24) is 15.1 Å². The highest BCUT2D eigenvalue weighted by atomic mass is 35.5. The lowest BCUT2D eigenvalue weighted by Gasteiger charge is -2.45. The number of hydrogen-bond donors (Lipinski definition) is 2. The summed E-state index contributed by atoms with van der Waals surface area (Å²) in [5.74, 6) is 0.596. The molecule has 2 N–H and O–H groups in total. The fourth-order valence-electron chi connectivity index (χ4n) is 3.72. The molecule has 1 aromatic carbocycles. The number of carbonyl (C=O) groups is 1. The second-order valence-corrected chi connectivity index (χ2v) is 7.19. The van der Waals surface area contributed by atoms with Crippen molar-refractivity contribution in [3.8, 4) is 0 Å². The molecule has 1 aromatic rings. The fraction of sp³-hybridized carbons (Fsp3) is 0.611. The van der Waals surface area contributed by atoms with Crippen molar-refractivity contribution in [2.24, 2.45) is 5.92 Å². The molecule has 0 aliphatic carbocycles. The van der Waals surface area contributed by atoms with Gasteiger partial charge in [-0.15, -0.1) is 0 Å². The summed E-state index contributed by atoms with van der Waals surface area (Å²) in [5, 5.41) is 13.0. The first-order valence-corrected chi connectivity index (χ1v) is 9.17. The zero-order valence-corrected chi connectivity index (χ0v) is 14.7. The second kappa shape index (κ2) is 8.19. The van der Waals surface area contributed by atoms with Gasteiger partial charge in [0.2, 0.25) is 0 Å². The van der Waals surface area contributed by atoms with Gasteiger partial charge >= 0.3 is 6.03 Å². The molecule has 6 heteroatoms. The van der Waals surface area contributed by atoms with Crippen molar-refractivity contribution in [2.75, 3.05) is 32.8 Å². The number of urea groups is 1. The fourth-order valence-corrected chi connectivity index (χ4v) is 3.92. The van der Waals surface area contributed by atoms with Crippen molar-refractivity contribution in [2.45, 2.75) is 31.8 Å². The van der Waals surface area contributed by atoms with E-state index in [-0.39, 0.29) is 18.7 Å². The highest BCUT2D eigenvalue weighted by molar-refractivity contribution is 6.31. The first-order valence-electron chi connectivity index (χ1n) is 8.79. The first kappa shape index (κ1) is 17.5. The average molecular weight is 352 g/mol. The van der Waals surface area contributed by atoms with E-state index < -0.39 is 0 Å². The van der Waals surface area contributed by atoms with E-state index in [1.54, 1.807) is 4.90 Å². The van der Waals surface area contributed by atoms with Crippen LogP contribution in [0.2, 0.25) is 5.02 Å². The number of fused-ring (bicyclic) bond motifs is 3. The molecule has 1 atom stereocenters. The van der Waals surface area contributed by atoms with E-state index in [9.17, 15) is 4.79 Å². The average Bonchev–Trinajstić information content (AvgIpc) is 2.61. The van der Waals surface area contributed by atoms with Gasteiger partial charge < -0.3 is 20.2 Å². The molecule has 3 heterocycles. The number of amides is 2. The van der Waals surface area contributed by atoms with Crippen LogP contribution in [0.3, 0.4) is 0 Å². The number of nitrogens with zero attached hydrogens (tertiary/aromatic N) is 2. The third-order valence-corrected chi connectivity index (χ3v) is 5.53. The molecule has 3 saturated heterocycles. The van der Waals surface area contributed by atoms with Crippen LogP contribution in [0.5, 0.6) is 0 Å². The Morgan fingerprint density at radius 3 is 2.71 bits per heavy atom. The molecule has 2 bridgehead atoms. The van der Waals surface area contributed by atoms with E-state index in [0.29, 0.717) is 30.5 Å². The van der Waals surface area contributed by atoms with E-state index in [1.807, 2.05) is 24.3 Å². The van der Waals surface area contributed by atoms with Gasteiger partial charge in [-0.25, -0.2) is 4.79 Å². The van der Waals surface area contributed by atoms with Crippen LogP contribution >= 0.6 is 11.6 Å². The molecule has 0 spiro atoms. The van der Waals surface area contributed by atoms with Crippen LogP contribution in [-0.2, 0) is 6.54 Å². The zero-order valence-electron chi connectivity index (χ0n) is 14.0. The molecule has 0 aromatic heterocycles. The molecule has 3 aliphatic rings. The Morgan fingerprint density at radius 1 is 1.33 bits per heavy atom. The lowest BCUT2D eigenvalue weighted by atomic mass is 9.84. The van der Waals surface area contributed by atoms with Gasteiger partial charge in [0.05, 0.1) is 0 Å². The summed E-state index contributed by atoms with van der Waals surface area (Å²) in [6, 6.07) is 7.78. The van der Waals surface area contributed by atoms with Crippen molar-refractivity contribution >= 4 is 17.6 Å². The summed E-state index contributed by atoms with van der Waals surface area (Å²) < 4.78 is 0. The summed E-state index contributed by atoms with van der Waals surface area (Å²) in [6.07, 6.45) is 2.91.